The van der Waals surface area contributed by atoms with E-state index in [4.69, 9.17) is 11.6 Å². The highest BCUT2D eigenvalue weighted by Gasteiger charge is 2.22. The minimum Gasteiger partial charge on any atom is -0.388 e. The van der Waals surface area contributed by atoms with Gasteiger partial charge in [0.15, 0.2) is 0 Å². The van der Waals surface area contributed by atoms with Crippen LogP contribution in [0, 0.1) is 5.82 Å². The fraction of sp³-hybridized carbons (Fsp3) is 0.455. The van der Waals surface area contributed by atoms with Crippen molar-refractivity contribution in [1.29, 1.82) is 0 Å². The molecule has 0 aliphatic carbocycles. The molecule has 4 heteroatoms. The lowest BCUT2D eigenvalue weighted by molar-refractivity contribution is 0.0649. The molecule has 0 fully saturated rings. The monoisotopic (exact) mass is 231 g/mol. The van der Waals surface area contributed by atoms with E-state index in [1.54, 1.807) is 19.9 Å². The van der Waals surface area contributed by atoms with Crippen LogP contribution in [-0.2, 0) is 0 Å². The second kappa shape index (κ2) is 4.37. The van der Waals surface area contributed by atoms with Crippen LogP contribution in [0.15, 0.2) is 18.2 Å². The summed E-state index contributed by atoms with van der Waals surface area (Å²) in [6.45, 7) is 5.23. The number of aliphatic hydroxyl groups is 1. The molecule has 1 unspecified atom stereocenters. The van der Waals surface area contributed by atoms with Crippen molar-refractivity contribution < 1.29 is 9.50 Å². The molecule has 0 aliphatic rings. The maximum absolute atomic E-state index is 12.8. The van der Waals surface area contributed by atoms with Gasteiger partial charge in [-0.15, -0.1) is 0 Å². The van der Waals surface area contributed by atoms with Crippen LogP contribution < -0.4 is 5.32 Å². The number of halogens is 2. The molecule has 84 valence electrons. The van der Waals surface area contributed by atoms with E-state index in [9.17, 15) is 9.50 Å². The van der Waals surface area contributed by atoms with Crippen molar-refractivity contribution in [3.8, 4) is 0 Å². The first-order valence-electron chi connectivity index (χ1n) is 4.74. The quantitative estimate of drug-likeness (QED) is 0.838. The molecular weight excluding hydrogens is 217 g/mol. The molecule has 0 saturated carbocycles. The summed E-state index contributed by atoms with van der Waals surface area (Å²) in [4.78, 5) is 0. The molecule has 2 N–H and O–H groups in total. The molecule has 1 atom stereocenters. The zero-order chi connectivity index (χ0) is 11.6. The average Bonchev–Trinajstić information content (AvgIpc) is 2.08. The van der Waals surface area contributed by atoms with E-state index in [-0.39, 0.29) is 11.9 Å². The Labute approximate surface area is 94.1 Å². The standard InChI is InChI=1S/C11H15ClFNO/c1-7(11(2,3)15)14-10-5-4-8(13)6-9(10)12/h4-7,14-15H,1-3H3. The third kappa shape index (κ3) is 3.36. The third-order valence-electron chi connectivity index (χ3n) is 2.36. The smallest absolute Gasteiger partial charge is 0.124 e. The zero-order valence-corrected chi connectivity index (χ0v) is 9.77. The molecule has 0 saturated heterocycles. The SMILES string of the molecule is CC(Nc1ccc(F)cc1Cl)C(C)(C)O. The number of hydrogen-bond donors (Lipinski definition) is 2. The van der Waals surface area contributed by atoms with Gasteiger partial charge in [-0.25, -0.2) is 4.39 Å². The highest BCUT2D eigenvalue weighted by molar-refractivity contribution is 6.33. The summed E-state index contributed by atoms with van der Waals surface area (Å²) in [6, 6.07) is 3.94. The van der Waals surface area contributed by atoms with Gasteiger partial charge in [0.2, 0.25) is 0 Å². The molecule has 0 bridgehead atoms. The van der Waals surface area contributed by atoms with Gasteiger partial charge in [-0.2, -0.15) is 0 Å². The molecule has 0 amide bonds. The summed E-state index contributed by atoms with van der Waals surface area (Å²) in [7, 11) is 0. The van der Waals surface area contributed by atoms with Gasteiger partial charge in [0.05, 0.1) is 22.4 Å². The van der Waals surface area contributed by atoms with E-state index < -0.39 is 5.60 Å². The highest BCUT2D eigenvalue weighted by Crippen LogP contribution is 2.24. The zero-order valence-electron chi connectivity index (χ0n) is 9.01. The van der Waals surface area contributed by atoms with Crippen LogP contribution in [0.5, 0.6) is 0 Å². The molecule has 1 aromatic rings. The van der Waals surface area contributed by atoms with Gasteiger partial charge in [0, 0.05) is 0 Å². The fourth-order valence-corrected chi connectivity index (χ4v) is 1.24. The number of anilines is 1. The van der Waals surface area contributed by atoms with E-state index in [1.165, 1.54) is 12.1 Å². The predicted molar refractivity (Wildman–Crippen MR) is 60.8 cm³/mol. The molecule has 2 nitrogen and oxygen atoms in total. The maximum Gasteiger partial charge on any atom is 0.124 e. The van der Waals surface area contributed by atoms with E-state index in [2.05, 4.69) is 5.32 Å². The van der Waals surface area contributed by atoms with Gasteiger partial charge < -0.3 is 10.4 Å². The summed E-state index contributed by atoms with van der Waals surface area (Å²) in [5.74, 6) is -0.374. The Morgan fingerprint density at radius 1 is 1.47 bits per heavy atom. The van der Waals surface area contributed by atoms with Crippen LogP contribution in [0.3, 0.4) is 0 Å². The lowest BCUT2D eigenvalue weighted by Crippen LogP contribution is -2.39. The van der Waals surface area contributed by atoms with Crippen LogP contribution >= 0.6 is 11.6 Å². The van der Waals surface area contributed by atoms with Gasteiger partial charge in [0.1, 0.15) is 5.82 Å². The number of rotatable bonds is 3. The molecule has 0 aromatic heterocycles. The van der Waals surface area contributed by atoms with Crippen molar-refractivity contribution in [3.63, 3.8) is 0 Å². The molecule has 1 rings (SSSR count). The van der Waals surface area contributed by atoms with Crippen molar-refractivity contribution in [2.24, 2.45) is 0 Å². The molecule has 0 spiro atoms. The molecule has 15 heavy (non-hydrogen) atoms. The first-order chi connectivity index (χ1) is 6.80. The van der Waals surface area contributed by atoms with Gasteiger partial charge in [-0.3, -0.25) is 0 Å². The Morgan fingerprint density at radius 2 is 2.07 bits per heavy atom. The van der Waals surface area contributed by atoms with E-state index in [0.717, 1.165) is 0 Å². The highest BCUT2D eigenvalue weighted by atomic mass is 35.5. The largest absolute Gasteiger partial charge is 0.388 e. The molecule has 0 aliphatic heterocycles. The number of hydrogen-bond acceptors (Lipinski definition) is 2. The van der Waals surface area contributed by atoms with Crippen molar-refractivity contribution in [2.75, 3.05) is 5.32 Å². The Hall–Kier alpha value is -0.800. The first kappa shape index (κ1) is 12.3. The first-order valence-corrected chi connectivity index (χ1v) is 5.12. The molecule has 1 aromatic carbocycles. The second-order valence-corrected chi connectivity index (χ2v) is 4.55. The van der Waals surface area contributed by atoms with E-state index in [1.807, 2.05) is 6.92 Å². The maximum atomic E-state index is 12.8. The summed E-state index contributed by atoms with van der Waals surface area (Å²) in [5.41, 5.74) is -0.245. The van der Waals surface area contributed by atoms with Gasteiger partial charge in [0.25, 0.3) is 0 Å². The third-order valence-corrected chi connectivity index (χ3v) is 2.68. The van der Waals surface area contributed by atoms with Crippen LogP contribution in [-0.4, -0.2) is 16.7 Å². The van der Waals surface area contributed by atoms with E-state index >= 15 is 0 Å². The van der Waals surface area contributed by atoms with Crippen molar-refractivity contribution in [3.05, 3.63) is 29.0 Å². The van der Waals surface area contributed by atoms with Crippen molar-refractivity contribution in [2.45, 2.75) is 32.4 Å². The Morgan fingerprint density at radius 3 is 2.53 bits per heavy atom. The normalized spacial score (nSPS) is 13.7. The van der Waals surface area contributed by atoms with Crippen LogP contribution in [0.1, 0.15) is 20.8 Å². The minimum atomic E-state index is -0.863. The fourth-order valence-electron chi connectivity index (χ4n) is 1.02. The van der Waals surface area contributed by atoms with Crippen LogP contribution in [0.4, 0.5) is 10.1 Å². The van der Waals surface area contributed by atoms with Gasteiger partial charge in [-0.1, -0.05) is 11.6 Å². The summed E-state index contributed by atoms with van der Waals surface area (Å²) >= 11 is 5.84. The van der Waals surface area contributed by atoms with Gasteiger partial charge >= 0.3 is 0 Å². The number of nitrogens with one attached hydrogen (secondary N) is 1. The van der Waals surface area contributed by atoms with Crippen molar-refractivity contribution >= 4 is 17.3 Å². The summed E-state index contributed by atoms with van der Waals surface area (Å²) < 4.78 is 12.8. The molecule has 0 radical (unpaired) electrons. The minimum absolute atomic E-state index is 0.180. The molecular formula is C11H15ClFNO. The Bertz CT molecular complexity index is 349. The van der Waals surface area contributed by atoms with Crippen LogP contribution in [0.25, 0.3) is 0 Å². The summed E-state index contributed by atoms with van der Waals surface area (Å²) in [6.07, 6.45) is 0. The summed E-state index contributed by atoms with van der Waals surface area (Å²) in [5, 5.41) is 13.1. The lowest BCUT2D eigenvalue weighted by atomic mass is 10.0. The lowest BCUT2D eigenvalue weighted by Gasteiger charge is -2.28. The average molecular weight is 232 g/mol. The van der Waals surface area contributed by atoms with Gasteiger partial charge in [-0.05, 0) is 39.0 Å². The predicted octanol–water partition coefficient (Wildman–Crippen LogP) is 3.05. The van der Waals surface area contributed by atoms with Crippen LogP contribution in [0.2, 0.25) is 5.02 Å². The van der Waals surface area contributed by atoms with E-state index in [0.29, 0.717) is 10.7 Å². The number of benzene rings is 1. The molecule has 0 heterocycles. The van der Waals surface area contributed by atoms with Crippen molar-refractivity contribution in [1.82, 2.24) is 0 Å². The topological polar surface area (TPSA) is 32.3 Å². The Balaban J connectivity index is 2.82. The second-order valence-electron chi connectivity index (χ2n) is 4.14. The Kier molecular flexibility index (Phi) is 3.58.